The third-order valence-corrected chi connectivity index (χ3v) is 6.20. The molecule has 2 aromatic rings. The van der Waals surface area contributed by atoms with Gasteiger partial charge in [-0.15, -0.1) is 11.3 Å². The quantitative estimate of drug-likeness (QED) is 0.677. The first-order chi connectivity index (χ1) is 14.1. The van der Waals surface area contributed by atoms with E-state index in [1.807, 2.05) is 23.5 Å². The summed E-state index contributed by atoms with van der Waals surface area (Å²) < 4.78 is 16.1. The van der Waals surface area contributed by atoms with E-state index >= 15 is 0 Å². The number of piperidine rings is 1. The van der Waals surface area contributed by atoms with E-state index < -0.39 is 0 Å². The summed E-state index contributed by atoms with van der Waals surface area (Å²) in [6.45, 7) is 3.95. The first-order valence-corrected chi connectivity index (χ1v) is 10.8. The van der Waals surface area contributed by atoms with Gasteiger partial charge in [-0.25, -0.2) is 0 Å². The number of likely N-dealkylation sites (tertiary alicyclic amines) is 1. The Morgan fingerprint density at radius 1 is 1.14 bits per heavy atom. The Labute approximate surface area is 176 Å². The molecule has 1 amide bonds. The summed E-state index contributed by atoms with van der Waals surface area (Å²) in [7, 11) is 4.72. The normalized spacial score (nSPS) is 15.1. The van der Waals surface area contributed by atoms with Gasteiger partial charge in [0.05, 0.1) is 27.8 Å². The molecule has 158 valence electrons. The average molecular weight is 419 g/mol. The third kappa shape index (κ3) is 5.87. The van der Waals surface area contributed by atoms with Crippen LogP contribution in [0.4, 0.5) is 0 Å². The molecule has 1 fully saturated rings. The fourth-order valence-electron chi connectivity index (χ4n) is 3.72. The van der Waals surface area contributed by atoms with Crippen molar-refractivity contribution in [3.8, 4) is 17.2 Å². The van der Waals surface area contributed by atoms with Crippen LogP contribution in [0.15, 0.2) is 29.6 Å². The van der Waals surface area contributed by atoms with Gasteiger partial charge >= 0.3 is 0 Å². The zero-order chi connectivity index (χ0) is 20.6. The Hall–Kier alpha value is -2.25. The molecule has 1 aromatic heterocycles. The molecule has 7 heteroatoms. The lowest BCUT2D eigenvalue weighted by Gasteiger charge is -2.31. The highest BCUT2D eigenvalue weighted by Gasteiger charge is 2.20. The number of thiophene rings is 1. The molecule has 0 spiro atoms. The molecular weight excluding hydrogens is 388 g/mol. The van der Waals surface area contributed by atoms with Crippen LogP contribution in [0.5, 0.6) is 17.2 Å². The molecule has 1 N–H and O–H groups in total. The molecule has 29 heavy (non-hydrogen) atoms. The molecule has 1 aromatic carbocycles. The van der Waals surface area contributed by atoms with E-state index in [4.69, 9.17) is 14.2 Å². The number of rotatable bonds is 9. The Kier molecular flexibility index (Phi) is 7.77. The Morgan fingerprint density at radius 2 is 1.83 bits per heavy atom. The van der Waals surface area contributed by atoms with Crippen molar-refractivity contribution in [2.24, 2.45) is 5.92 Å². The largest absolute Gasteiger partial charge is 0.493 e. The summed E-state index contributed by atoms with van der Waals surface area (Å²) in [5.74, 6) is 2.22. The van der Waals surface area contributed by atoms with Crippen LogP contribution in [0.3, 0.4) is 0 Å². The van der Waals surface area contributed by atoms with E-state index in [0.717, 1.165) is 44.6 Å². The zero-order valence-corrected chi connectivity index (χ0v) is 18.2. The van der Waals surface area contributed by atoms with Crippen molar-refractivity contribution in [2.75, 3.05) is 41.0 Å². The fraction of sp³-hybridized carbons (Fsp3) is 0.500. The van der Waals surface area contributed by atoms with Crippen molar-refractivity contribution in [3.63, 3.8) is 0 Å². The number of benzene rings is 1. The molecule has 0 atom stereocenters. The molecule has 1 aliphatic heterocycles. The number of ether oxygens (including phenoxy) is 3. The van der Waals surface area contributed by atoms with Crippen molar-refractivity contribution in [1.82, 2.24) is 10.2 Å². The summed E-state index contributed by atoms with van der Waals surface area (Å²) in [6, 6.07) is 7.95. The van der Waals surface area contributed by atoms with Crippen LogP contribution in [-0.2, 0) is 17.8 Å². The minimum absolute atomic E-state index is 0.0142. The number of amides is 1. The van der Waals surface area contributed by atoms with E-state index in [-0.39, 0.29) is 12.3 Å². The van der Waals surface area contributed by atoms with Crippen molar-refractivity contribution >= 4 is 17.2 Å². The highest BCUT2D eigenvalue weighted by Crippen LogP contribution is 2.38. The van der Waals surface area contributed by atoms with Crippen LogP contribution in [0.2, 0.25) is 0 Å². The van der Waals surface area contributed by atoms with Crippen LogP contribution >= 0.6 is 11.3 Å². The summed E-state index contributed by atoms with van der Waals surface area (Å²) in [4.78, 5) is 16.4. The monoisotopic (exact) mass is 418 g/mol. The summed E-state index contributed by atoms with van der Waals surface area (Å²) >= 11 is 1.82. The first-order valence-electron chi connectivity index (χ1n) is 9.93. The van der Waals surface area contributed by atoms with Gasteiger partial charge in [0, 0.05) is 18.0 Å². The molecule has 0 bridgehead atoms. The lowest BCUT2D eigenvalue weighted by Crippen LogP contribution is -2.38. The second-order valence-electron chi connectivity index (χ2n) is 7.31. The Balaban J connectivity index is 1.46. The number of hydrogen-bond donors (Lipinski definition) is 1. The Morgan fingerprint density at radius 3 is 2.38 bits per heavy atom. The van der Waals surface area contributed by atoms with Crippen LogP contribution in [0, 0.1) is 5.92 Å². The minimum atomic E-state index is 0.0142. The minimum Gasteiger partial charge on any atom is -0.493 e. The topological polar surface area (TPSA) is 60.0 Å². The molecule has 0 radical (unpaired) electrons. The van der Waals surface area contributed by atoms with Gasteiger partial charge in [0.15, 0.2) is 11.5 Å². The molecule has 1 aliphatic rings. The summed E-state index contributed by atoms with van der Waals surface area (Å²) in [5.41, 5.74) is 0.836. The average Bonchev–Trinajstić information content (AvgIpc) is 3.25. The molecule has 0 aliphatic carbocycles. The van der Waals surface area contributed by atoms with Crippen molar-refractivity contribution in [1.29, 1.82) is 0 Å². The summed E-state index contributed by atoms with van der Waals surface area (Å²) in [6.07, 6.45) is 2.53. The van der Waals surface area contributed by atoms with Gasteiger partial charge in [0.1, 0.15) is 0 Å². The van der Waals surface area contributed by atoms with Gasteiger partial charge in [0.25, 0.3) is 0 Å². The molecule has 3 rings (SSSR count). The number of nitrogens with one attached hydrogen (secondary N) is 1. The van der Waals surface area contributed by atoms with E-state index in [0.29, 0.717) is 23.2 Å². The maximum absolute atomic E-state index is 12.5. The third-order valence-electron chi connectivity index (χ3n) is 5.34. The molecule has 0 saturated carbocycles. The van der Waals surface area contributed by atoms with Crippen LogP contribution in [0.1, 0.15) is 23.3 Å². The zero-order valence-electron chi connectivity index (χ0n) is 17.4. The number of carbonyl (C=O) groups is 1. The van der Waals surface area contributed by atoms with E-state index in [9.17, 15) is 4.79 Å². The fourth-order valence-corrected chi connectivity index (χ4v) is 4.46. The SMILES string of the molecule is COc1cc(CC(=O)NCC2CCN(Cc3cccs3)CC2)cc(OC)c1OC. The van der Waals surface area contributed by atoms with Gasteiger partial charge in [-0.05, 0) is 61.0 Å². The molecule has 1 saturated heterocycles. The van der Waals surface area contributed by atoms with E-state index in [1.54, 1.807) is 21.3 Å². The smallest absolute Gasteiger partial charge is 0.224 e. The predicted molar refractivity (Wildman–Crippen MR) is 115 cm³/mol. The standard InChI is InChI=1S/C22H30N2O4S/c1-26-19-11-17(12-20(27-2)22(19)28-3)13-21(25)23-14-16-6-8-24(9-7-16)15-18-5-4-10-29-18/h4-5,10-12,16H,6-9,13-15H2,1-3H3,(H,23,25). The number of nitrogens with zero attached hydrogens (tertiary/aromatic N) is 1. The van der Waals surface area contributed by atoms with Crippen molar-refractivity contribution in [3.05, 3.63) is 40.1 Å². The van der Waals surface area contributed by atoms with Crippen LogP contribution < -0.4 is 19.5 Å². The molecule has 2 heterocycles. The van der Waals surface area contributed by atoms with Crippen LogP contribution in [-0.4, -0.2) is 51.8 Å². The lowest BCUT2D eigenvalue weighted by molar-refractivity contribution is -0.120. The number of carbonyl (C=O) groups excluding carboxylic acids is 1. The molecule has 6 nitrogen and oxygen atoms in total. The van der Waals surface area contributed by atoms with Gasteiger partial charge < -0.3 is 19.5 Å². The lowest BCUT2D eigenvalue weighted by atomic mass is 9.96. The maximum Gasteiger partial charge on any atom is 0.224 e. The van der Waals surface area contributed by atoms with Crippen LogP contribution in [0.25, 0.3) is 0 Å². The van der Waals surface area contributed by atoms with E-state index in [2.05, 4.69) is 27.7 Å². The highest BCUT2D eigenvalue weighted by molar-refractivity contribution is 7.09. The van der Waals surface area contributed by atoms with Crippen molar-refractivity contribution < 1.29 is 19.0 Å². The van der Waals surface area contributed by atoms with Gasteiger partial charge in [-0.1, -0.05) is 6.07 Å². The second-order valence-corrected chi connectivity index (χ2v) is 8.35. The molecule has 0 unspecified atom stereocenters. The Bertz CT molecular complexity index is 761. The number of hydrogen-bond acceptors (Lipinski definition) is 6. The maximum atomic E-state index is 12.5. The number of methoxy groups -OCH3 is 3. The first kappa shape index (κ1) is 21.5. The predicted octanol–water partition coefficient (Wildman–Crippen LogP) is 3.34. The van der Waals surface area contributed by atoms with Gasteiger partial charge in [-0.2, -0.15) is 0 Å². The van der Waals surface area contributed by atoms with Gasteiger partial charge in [0.2, 0.25) is 11.7 Å². The second kappa shape index (κ2) is 10.5. The molecular formula is C22H30N2O4S. The van der Waals surface area contributed by atoms with Gasteiger partial charge in [-0.3, -0.25) is 9.69 Å². The van der Waals surface area contributed by atoms with Crippen molar-refractivity contribution in [2.45, 2.75) is 25.8 Å². The summed E-state index contributed by atoms with van der Waals surface area (Å²) in [5, 5.41) is 5.23. The highest BCUT2D eigenvalue weighted by atomic mass is 32.1. The van der Waals surface area contributed by atoms with E-state index in [1.165, 1.54) is 4.88 Å².